The molecule has 1 unspecified atom stereocenters. The van der Waals surface area contributed by atoms with Crippen molar-refractivity contribution >= 4 is 11.9 Å². The summed E-state index contributed by atoms with van der Waals surface area (Å²) in [5.74, 6) is -2.10. The number of carboxylic acid groups (broad SMARTS) is 1. The predicted molar refractivity (Wildman–Crippen MR) is 64.3 cm³/mol. The molecule has 0 fully saturated rings. The maximum absolute atomic E-state index is 12.0. The number of hydrogen-bond acceptors (Lipinski definition) is 4. The van der Waals surface area contributed by atoms with Crippen molar-refractivity contribution in [1.29, 1.82) is 0 Å². The number of ether oxygens (including phenoxy) is 2. The Kier molecular flexibility index (Phi) is 4.85. The zero-order chi connectivity index (χ0) is 13.6. The summed E-state index contributed by atoms with van der Waals surface area (Å²) >= 11 is 0. The number of carbonyl (C=O) groups is 2. The van der Waals surface area contributed by atoms with Gasteiger partial charge in [0.2, 0.25) is 5.41 Å². The number of methoxy groups -OCH3 is 1. The van der Waals surface area contributed by atoms with Crippen LogP contribution in [0.5, 0.6) is 0 Å². The van der Waals surface area contributed by atoms with Crippen molar-refractivity contribution in [3.05, 3.63) is 35.9 Å². The highest BCUT2D eigenvalue weighted by Crippen LogP contribution is 2.27. The molecule has 0 aromatic heterocycles. The Labute approximate surface area is 105 Å². The fraction of sp³-hybridized carbons (Fsp3) is 0.385. The lowest BCUT2D eigenvalue weighted by molar-refractivity contribution is -0.164. The van der Waals surface area contributed by atoms with Gasteiger partial charge in [0.15, 0.2) is 0 Å². The summed E-state index contributed by atoms with van der Waals surface area (Å²) in [5.41, 5.74) is -1.47. The molecule has 5 nitrogen and oxygen atoms in total. The van der Waals surface area contributed by atoms with Gasteiger partial charge in [-0.1, -0.05) is 30.3 Å². The van der Waals surface area contributed by atoms with E-state index in [-0.39, 0.29) is 13.2 Å². The van der Waals surface area contributed by atoms with Crippen LogP contribution in [-0.4, -0.2) is 37.4 Å². The summed E-state index contributed by atoms with van der Waals surface area (Å²) in [4.78, 5) is 23.6. The van der Waals surface area contributed by atoms with Crippen LogP contribution in [0, 0.1) is 0 Å². The first-order valence-corrected chi connectivity index (χ1v) is 5.54. The van der Waals surface area contributed by atoms with Crippen LogP contribution >= 0.6 is 0 Å². The summed E-state index contributed by atoms with van der Waals surface area (Å²) in [6, 6.07) is 8.23. The predicted octanol–water partition coefficient (Wildman–Crippen LogP) is 1.22. The van der Waals surface area contributed by atoms with E-state index in [0.717, 1.165) is 0 Å². The fourth-order valence-electron chi connectivity index (χ4n) is 1.73. The summed E-state index contributed by atoms with van der Waals surface area (Å²) in [5, 5.41) is 9.42. The Balaban J connectivity index is 3.30. The fourth-order valence-corrected chi connectivity index (χ4v) is 1.73. The highest BCUT2D eigenvalue weighted by Gasteiger charge is 2.49. The van der Waals surface area contributed by atoms with Crippen molar-refractivity contribution in [3.8, 4) is 0 Å². The number of carbonyl (C=O) groups excluding carboxylic acids is 1. The molecule has 0 saturated carbocycles. The monoisotopic (exact) mass is 252 g/mol. The second-order valence-electron chi connectivity index (χ2n) is 3.73. The summed E-state index contributed by atoms with van der Waals surface area (Å²) in [6.45, 7) is 1.47. The van der Waals surface area contributed by atoms with Gasteiger partial charge in [-0.05, 0) is 12.5 Å². The molecule has 0 aliphatic rings. The van der Waals surface area contributed by atoms with Crippen LogP contribution in [0.4, 0.5) is 0 Å². The van der Waals surface area contributed by atoms with Gasteiger partial charge in [-0.15, -0.1) is 0 Å². The minimum Gasteiger partial charge on any atom is -0.480 e. The number of benzene rings is 1. The Hall–Kier alpha value is -1.88. The van der Waals surface area contributed by atoms with Crippen LogP contribution in [-0.2, 0) is 24.5 Å². The largest absolute Gasteiger partial charge is 0.480 e. The molecule has 0 bridgehead atoms. The minimum absolute atomic E-state index is 0.115. The maximum Gasteiger partial charge on any atom is 0.330 e. The molecule has 0 aliphatic heterocycles. The molecule has 18 heavy (non-hydrogen) atoms. The number of aliphatic carboxylic acids is 1. The summed E-state index contributed by atoms with van der Waals surface area (Å²) < 4.78 is 9.78. The van der Waals surface area contributed by atoms with Crippen LogP contribution in [0.1, 0.15) is 12.5 Å². The third-order valence-corrected chi connectivity index (χ3v) is 2.62. The van der Waals surface area contributed by atoms with Crippen LogP contribution in [0.3, 0.4) is 0 Å². The molecule has 98 valence electrons. The quantitative estimate of drug-likeness (QED) is 0.608. The van der Waals surface area contributed by atoms with Crippen molar-refractivity contribution in [3.63, 3.8) is 0 Å². The normalized spacial score (nSPS) is 13.7. The Morgan fingerprint density at radius 1 is 1.28 bits per heavy atom. The molecule has 1 atom stereocenters. The van der Waals surface area contributed by atoms with E-state index in [1.807, 2.05) is 0 Å². The number of esters is 1. The van der Waals surface area contributed by atoms with E-state index in [1.165, 1.54) is 7.11 Å². The van der Waals surface area contributed by atoms with E-state index < -0.39 is 17.4 Å². The average molecular weight is 252 g/mol. The zero-order valence-electron chi connectivity index (χ0n) is 10.4. The molecule has 0 heterocycles. The van der Waals surface area contributed by atoms with Crippen molar-refractivity contribution < 1.29 is 24.2 Å². The molecule has 0 saturated heterocycles. The molecule has 0 spiro atoms. The van der Waals surface area contributed by atoms with Crippen molar-refractivity contribution in [1.82, 2.24) is 0 Å². The molecule has 1 N–H and O–H groups in total. The first-order chi connectivity index (χ1) is 8.59. The number of rotatable bonds is 6. The van der Waals surface area contributed by atoms with E-state index in [9.17, 15) is 14.7 Å². The zero-order valence-corrected chi connectivity index (χ0v) is 10.4. The Morgan fingerprint density at radius 3 is 2.33 bits per heavy atom. The third kappa shape index (κ3) is 2.51. The minimum atomic E-state index is -1.81. The van der Waals surface area contributed by atoms with Crippen molar-refractivity contribution in [2.45, 2.75) is 12.3 Å². The van der Waals surface area contributed by atoms with Gasteiger partial charge in [-0.2, -0.15) is 0 Å². The second kappa shape index (κ2) is 6.16. The van der Waals surface area contributed by atoms with Gasteiger partial charge in [-0.25, -0.2) is 0 Å². The van der Waals surface area contributed by atoms with Gasteiger partial charge in [0.1, 0.15) is 0 Å². The lowest BCUT2D eigenvalue weighted by atomic mass is 9.81. The van der Waals surface area contributed by atoms with Crippen molar-refractivity contribution in [2.75, 3.05) is 20.3 Å². The SMILES string of the molecule is CCOC(=O)C(COC)(C(=O)O)c1ccccc1. The molecule has 1 rings (SSSR count). The van der Waals surface area contributed by atoms with Gasteiger partial charge in [0, 0.05) is 7.11 Å². The molecular formula is C13H16O5. The standard InChI is InChI=1S/C13H16O5/c1-3-18-12(16)13(9-17-2,11(14)15)10-7-5-4-6-8-10/h4-8H,3,9H2,1-2H3,(H,14,15). The van der Waals surface area contributed by atoms with E-state index in [4.69, 9.17) is 9.47 Å². The van der Waals surface area contributed by atoms with Gasteiger partial charge < -0.3 is 14.6 Å². The Bertz CT molecular complexity index is 415. The highest BCUT2D eigenvalue weighted by molar-refractivity contribution is 6.05. The number of hydrogen-bond donors (Lipinski definition) is 1. The molecular weight excluding hydrogens is 236 g/mol. The topological polar surface area (TPSA) is 72.8 Å². The van der Waals surface area contributed by atoms with E-state index >= 15 is 0 Å². The smallest absolute Gasteiger partial charge is 0.330 e. The molecule has 1 aromatic rings. The van der Waals surface area contributed by atoms with Gasteiger partial charge >= 0.3 is 11.9 Å². The number of carboxylic acids is 1. The van der Waals surface area contributed by atoms with Crippen LogP contribution < -0.4 is 0 Å². The molecule has 0 radical (unpaired) electrons. The molecule has 5 heteroatoms. The first kappa shape index (κ1) is 14.2. The second-order valence-corrected chi connectivity index (χ2v) is 3.73. The lowest BCUT2D eigenvalue weighted by Gasteiger charge is -2.26. The van der Waals surface area contributed by atoms with Gasteiger partial charge in [0.25, 0.3) is 0 Å². The van der Waals surface area contributed by atoms with E-state index in [1.54, 1.807) is 37.3 Å². The van der Waals surface area contributed by atoms with E-state index in [0.29, 0.717) is 5.56 Å². The third-order valence-electron chi connectivity index (χ3n) is 2.62. The summed E-state index contributed by atoms with van der Waals surface area (Å²) in [6.07, 6.45) is 0. The van der Waals surface area contributed by atoms with Crippen molar-refractivity contribution in [2.24, 2.45) is 0 Å². The lowest BCUT2D eigenvalue weighted by Crippen LogP contribution is -2.48. The van der Waals surface area contributed by atoms with Crippen LogP contribution in [0.25, 0.3) is 0 Å². The maximum atomic E-state index is 12.0. The Morgan fingerprint density at radius 2 is 1.89 bits per heavy atom. The van der Waals surface area contributed by atoms with Crippen LogP contribution in [0.15, 0.2) is 30.3 Å². The van der Waals surface area contributed by atoms with Gasteiger partial charge in [-0.3, -0.25) is 9.59 Å². The highest BCUT2D eigenvalue weighted by atomic mass is 16.5. The van der Waals surface area contributed by atoms with Crippen LogP contribution in [0.2, 0.25) is 0 Å². The average Bonchev–Trinajstić information content (AvgIpc) is 2.36. The molecule has 0 aliphatic carbocycles. The first-order valence-electron chi connectivity index (χ1n) is 5.54. The van der Waals surface area contributed by atoms with Gasteiger partial charge in [0.05, 0.1) is 13.2 Å². The molecule has 0 amide bonds. The summed E-state index contributed by atoms with van der Waals surface area (Å²) in [7, 11) is 1.35. The van der Waals surface area contributed by atoms with E-state index in [2.05, 4.69) is 0 Å². The molecule has 1 aromatic carbocycles.